The fourth-order valence-corrected chi connectivity index (χ4v) is 2.04. The molecule has 0 heterocycles. The SMILES string of the molecule is N[C@@H](CCCCCCCC(=O)O)CCCCC(=O)O. The summed E-state index contributed by atoms with van der Waals surface area (Å²) in [7, 11) is 0. The second-order valence-electron chi connectivity index (χ2n) is 5.10. The summed E-state index contributed by atoms with van der Waals surface area (Å²) in [4.78, 5) is 20.6. The second-order valence-corrected chi connectivity index (χ2v) is 5.10. The number of carboxylic acid groups (broad SMARTS) is 2. The summed E-state index contributed by atoms with van der Waals surface area (Å²) in [5.74, 6) is -1.46. The van der Waals surface area contributed by atoms with E-state index >= 15 is 0 Å². The van der Waals surface area contributed by atoms with Crippen molar-refractivity contribution in [1.29, 1.82) is 0 Å². The van der Waals surface area contributed by atoms with Crippen LogP contribution in [0.3, 0.4) is 0 Å². The molecule has 0 saturated heterocycles. The highest BCUT2D eigenvalue weighted by atomic mass is 16.4. The molecule has 0 aliphatic carbocycles. The first-order valence-electron chi connectivity index (χ1n) is 7.21. The Balaban J connectivity index is 3.22. The van der Waals surface area contributed by atoms with Crippen molar-refractivity contribution in [3.05, 3.63) is 0 Å². The Bertz CT molecular complexity index is 256. The van der Waals surface area contributed by atoms with Gasteiger partial charge in [0.1, 0.15) is 0 Å². The summed E-state index contributed by atoms with van der Waals surface area (Å²) >= 11 is 0. The van der Waals surface area contributed by atoms with Crippen molar-refractivity contribution in [2.75, 3.05) is 0 Å². The quantitative estimate of drug-likeness (QED) is 0.448. The maximum atomic E-state index is 10.3. The molecule has 0 bridgehead atoms. The summed E-state index contributed by atoms with van der Waals surface area (Å²) in [6.07, 6.45) is 8.94. The maximum absolute atomic E-state index is 10.3. The van der Waals surface area contributed by atoms with Crippen LogP contribution in [0.4, 0.5) is 0 Å². The van der Waals surface area contributed by atoms with Gasteiger partial charge in [-0.15, -0.1) is 0 Å². The van der Waals surface area contributed by atoms with Crippen LogP contribution in [0.1, 0.15) is 70.6 Å². The van der Waals surface area contributed by atoms with Gasteiger partial charge in [-0.1, -0.05) is 32.1 Å². The first kappa shape index (κ1) is 17.9. The predicted molar refractivity (Wildman–Crippen MR) is 74.0 cm³/mol. The Labute approximate surface area is 115 Å². The third-order valence-electron chi connectivity index (χ3n) is 3.18. The lowest BCUT2D eigenvalue weighted by Gasteiger charge is -2.10. The van der Waals surface area contributed by atoms with E-state index in [4.69, 9.17) is 15.9 Å². The van der Waals surface area contributed by atoms with Crippen LogP contribution in [0.2, 0.25) is 0 Å². The molecule has 0 aromatic heterocycles. The number of hydrogen-bond donors (Lipinski definition) is 3. The molecule has 0 amide bonds. The lowest BCUT2D eigenvalue weighted by Crippen LogP contribution is -2.19. The highest BCUT2D eigenvalue weighted by Crippen LogP contribution is 2.11. The highest BCUT2D eigenvalue weighted by Gasteiger charge is 2.04. The lowest BCUT2D eigenvalue weighted by molar-refractivity contribution is -0.138. The smallest absolute Gasteiger partial charge is 0.303 e. The molecule has 0 radical (unpaired) electrons. The zero-order chi connectivity index (χ0) is 14.5. The van der Waals surface area contributed by atoms with Crippen LogP contribution in [-0.2, 0) is 9.59 Å². The molecule has 19 heavy (non-hydrogen) atoms. The molecule has 5 nitrogen and oxygen atoms in total. The fraction of sp³-hybridized carbons (Fsp3) is 0.857. The first-order chi connectivity index (χ1) is 9.02. The van der Waals surface area contributed by atoms with Gasteiger partial charge < -0.3 is 15.9 Å². The zero-order valence-electron chi connectivity index (χ0n) is 11.6. The third kappa shape index (κ3) is 14.8. The van der Waals surface area contributed by atoms with Gasteiger partial charge in [0, 0.05) is 18.9 Å². The standard InChI is InChI=1S/C14H27NO4/c15-12(9-6-7-11-14(18)19)8-4-2-1-3-5-10-13(16)17/h12H,1-11,15H2,(H,16,17)(H,18,19)/t12-/m0/s1. The number of rotatable bonds is 13. The number of nitrogens with two attached hydrogens (primary N) is 1. The van der Waals surface area contributed by atoms with Gasteiger partial charge in [0.05, 0.1) is 0 Å². The van der Waals surface area contributed by atoms with Crippen LogP contribution in [0, 0.1) is 0 Å². The van der Waals surface area contributed by atoms with Gasteiger partial charge in [-0.3, -0.25) is 9.59 Å². The molecule has 0 aromatic carbocycles. The highest BCUT2D eigenvalue weighted by molar-refractivity contribution is 5.66. The van der Waals surface area contributed by atoms with Crippen LogP contribution in [0.25, 0.3) is 0 Å². The van der Waals surface area contributed by atoms with Gasteiger partial charge in [0.2, 0.25) is 0 Å². The normalized spacial score (nSPS) is 12.3. The number of hydrogen-bond acceptors (Lipinski definition) is 3. The van der Waals surface area contributed by atoms with E-state index in [2.05, 4.69) is 0 Å². The fourth-order valence-electron chi connectivity index (χ4n) is 2.04. The summed E-state index contributed by atoms with van der Waals surface area (Å²) in [5.41, 5.74) is 5.95. The summed E-state index contributed by atoms with van der Waals surface area (Å²) in [6.45, 7) is 0. The summed E-state index contributed by atoms with van der Waals surface area (Å²) in [5, 5.41) is 17.0. The van der Waals surface area contributed by atoms with Crippen molar-refractivity contribution in [2.45, 2.75) is 76.7 Å². The largest absolute Gasteiger partial charge is 0.481 e. The Morgan fingerprint density at radius 3 is 1.63 bits per heavy atom. The molecule has 5 heteroatoms. The Morgan fingerprint density at radius 1 is 0.737 bits per heavy atom. The molecule has 1 atom stereocenters. The van der Waals surface area contributed by atoms with Gasteiger partial charge in [-0.05, 0) is 25.7 Å². The summed E-state index contributed by atoms with van der Waals surface area (Å²) in [6, 6.07) is 0.174. The molecule has 0 saturated carbocycles. The molecule has 4 N–H and O–H groups in total. The van der Waals surface area contributed by atoms with E-state index < -0.39 is 11.9 Å². The third-order valence-corrected chi connectivity index (χ3v) is 3.18. The van der Waals surface area contributed by atoms with Gasteiger partial charge in [0.25, 0.3) is 0 Å². The molecular formula is C14H27NO4. The molecule has 0 unspecified atom stereocenters. The molecular weight excluding hydrogens is 246 g/mol. The van der Waals surface area contributed by atoms with Crippen molar-refractivity contribution >= 4 is 11.9 Å². The topological polar surface area (TPSA) is 101 Å². The molecule has 0 aliphatic rings. The Kier molecular flexibility index (Phi) is 11.3. The van der Waals surface area contributed by atoms with Crippen molar-refractivity contribution in [1.82, 2.24) is 0 Å². The van der Waals surface area contributed by atoms with E-state index in [1.807, 2.05) is 0 Å². The van der Waals surface area contributed by atoms with E-state index in [1.54, 1.807) is 0 Å². The maximum Gasteiger partial charge on any atom is 0.303 e. The Hall–Kier alpha value is -1.10. The van der Waals surface area contributed by atoms with Crippen LogP contribution >= 0.6 is 0 Å². The average Bonchev–Trinajstić information content (AvgIpc) is 2.33. The zero-order valence-corrected chi connectivity index (χ0v) is 11.6. The van der Waals surface area contributed by atoms with Crippen LogP contribution < -0.4 is 5.73 Å². The van der Waals surface area contributed by atoms with E-state index in [9.17, 15) is 9.59 Å². The number of carboxylic acids is 2. The number of carbonyl (C=O) groups is 2. The van der Waals surface area contributed by atoms with Crippen molar-refractivity contribution < 1.29 is 19.8 Å². The minimum Gasteiger partial charge on any atom is -0.481 e. The minimum absolute atomic E-state index is 0.174. The number of unbranched alkanes of at least 4 members (excludes halogenated alkanes) is 5. The van der Waals surface area contributed by atoms with Crippen molar-refractivity contribution in [3.63, 3.8) is 0 Å². The van der Waals surface area contributed by atoms with Gasteiger partial charge in [0.15, 0.2) is 0 Å². The average molecular weight is 273 g/mol. The molecule has 0 fully saturated rings. The lowest BCUT2D eigenvalue weighted by atomic mass is 10.0. The van der Waals surface area contributed by atoms with Crippen LogP contribution in [0.15, 0.2) is 0 Å². The molecule has 0 aliphatic heterocycles. The second kappa shape index (κ2) is 12.0. The van der Waals surface area contributed by atoms with E-state index in [-0.39, 0.29) is 18.9 Å². The van der Waals surface area contributed by atoms with E-state index in [0.717, 1.165) is 51.4 Å². The first-order valence-corrected chi connectivity index (χ1v) is 7.21. The van der Waals surface area contributed by atoms with Gasteiger partial charge >= 0.3 is 11.9 Å². The monoisotopic (exact) mass is 273 g/mol. The number of aliphatic carboxylic acids is 2. The van der Waals surface area contributed by atoms with E-state index in [0.29, 0.717) is 6.42 Å². The van der Waals surface area contributed by atoms with Gasteiger partial charge in [-0.25, -0.2) is 0 Å². The minimum atomic E-state index is -0.741. The van der Waals surface area contributed by atoms with Crippen molar-refractivity contribution in [2.24, 2.45) is 5.73 Å². The van der Waals surface area contributed by atoms with Gasteiger partial charge in [-0.2, -0.15) is 0 Å². The summed E-state index contributed by atoms with van der Waals surface area (Å²) < 4.78 is 0. The Morgan fingerprint density at radius 2 is 1.11 bits per heavy atom. The molecule has 0 aromatic rings. The van der Waals surface area contributed by atoms with Crippen molar-refractivity contribution in [3.8, 4) is 0 Å². The van der Waals surface area contributed by atoms with E-state index in [1.165, 1.54) is 0 Å². The van der Waals surface area contributed by atoms with Crippen LogP contribution in [-0.4, -0.2) is 28.2 Å². The molecule has 0 rings (SSSR count). The molecule has 112 valence electrons. The van der Waals surface area contributed by atoms with Crippen LogP contribution in [0.5, 0.6) is 0 Å². The predicted octanol–water partition coefficient (Wildman–Crippen LogP) is 2.77. The molecule has 0 spiro atoms.